The first-order valence-corrected chi connectivity index (χ1v) is 11.4. The minimum absolute atomic E-state index is 0.132. The van der Waals surface area contributed by atoms with Gasteiger partial charge in [0.05, 0.1) is 23.7 Å². The number of furan rings is 1. The van der Waals surface area contributed by atoms with E-state index in [1.807, 2.05) is 18.2 Å². The summed E-state index contributed by atoms with van der Waals surface area (Å²) in [5, 5.41) is 5.89. The van der Waals surface area contributed by atoms with Crippen LogP contribution in [0.2, 0.25) is 0 Å². The number of amides is 2. The van der Waals surface area contributed by atoms with Crippen LogP contribution in [0.15, 0.2) is 87.0 Å². The van der Waals surface area contributed by atoms with Crippen LogP contribution in [-0.4, -0.2) is 20.9 Å². The second kappa shape index (κ2) is 11.1. The molecule has 0 aliphatic heterocycles. The Bertz CT molecular complexity index is 1420. The number of fused-ring (bicyclic) bond motifs is 1. The SMILES string of the molecule is O=C(Cn1c(=O)n(CCCCC(=O)Nc2ccccc2)c(=O)c2ccccc21)NCc1ccco1. The van der Waals surface area contributed by atoms with Gasteiger partial charge in [0.15, 0.2) is 0 Å². The molecule has 0 aliphatic carbocycles. The van der Waals surface area contributed by atoms with Gasteiger partial charge in [-0.2, -0.15) is 0 Å². The maximum Gasteiger partial charge on any atom is 0.331 e. The molecular formula is C26H26N4O5. The lowest BCUT2D eigenvalue weighted by molar-refractivity contribution is -0.122. The van der Waals surface area contributed by atoms with Gasteiger partial charge in [-0.25, -0.2) is 4.79 Å². The Morgan fingerprint density at radius 3 is 2.37 bits per heavy atom. The predicted octanol–water partition coefficient (Wildman–Crippen LogP) is 2.88. The fraction of sp³-hybridized carbons (Fsp3) is 0.231. The highest BCUT2D eigenvalue weighted by molar-refractivity contribution is 5.90. The molecule has 0 fully saturated rings. The van der Waals surface area contributed by atoms with Crippen molar-refractivity contribution in [3.63, 3.8) is 0 Å². The fourth-order valence-corrected chi connectivity index (χ4v) is 3.82. The van der Waals surface area contributed by atoms with E-state index in [1.165, 1.54) is 10.8 Å². The molecule has 2 heterocycles. The number of rotatable bonds is 10. The van der Waals surface area contributed by atoms with E-state index < -0.39 is 11.2 Å². The van der Waals surface area contributed by atoms with E-state index in [0.717, 1.165) is 10.3 Å². The lowest BCUT2D eigenvalue weighted by Crippen LogP contribution is -2.42. The quantitative estimate of drug-likeness (QED) is 0.343. The molecule has 9 heteroatoms. The van der Waals surface area contributed by atoms with Gasteiger partial charge in [0.2, 0.25) is 11.8 Å². The number of benzene rings is 2. The summed E-state index contributed by atoms with van der Waals surface area (Å²) in [6.45, 7) is 0.109. The summed E-state index contributed by atoms with van der Waals surface area (Å²) in [7, 11) is 0. The molecule has 9 nitrogen and oxygen atoms in total. The van der Waals surface area contributed by atoms with Crippen molar-refractivity contribution in [2.24, 2.45) is 0 Å². The first-order chi connectivity index (χ1) is 17.0. The monoisotopic (exact) mass is 474 g/mol. The van der Waals surface area contributed by atoms with Crippen LogP contribution in [-0.2, 0) is 29.2 Å². The van der Waals surface area contributed by atoms with Gasteiger partial charge in [0.1, 0.15) is 12.3 Å². The molecule has 0 unspecified atom stereocenters. The molecule has 2 N–H and O–H groups in total. The van der Waals surface area contributed by atoms with Crippen LogP contribution in [0.5, 0.6) is 0 Å². The smallest absolute Gasteiger partial charge is 0.331 e. The third-order valence-electron chi connectivity index (χ3n) is 5.57. The van der Waals surface area contributed by atoms with E-state index in [0.29, 0.717) is 29.5 Å². The standard InChI is InChI=1S/C26H26N4O5/c31-23(28-19-9-2-1-3-10-19)14-6-7-15-29-25(33)21-12-4-5-13-22(21)30(26(29)34)18-24(32)27-17-20-11-8-16-35-20/h1-5,8-13,16H,6-7,14-15,17-18H2,(H,27,32)(H,28,31). The largest absolute Gasteiger partial charge is 0.467 e. The van der Waals surface area contributed by atoms with Gasteiger partial charge < -0.3 is 15.1 Å². The Labute approximate surface area is 201 Å². The van der Waals surface area contributed by atoms with Crippen molar-refractivity contribution in [3.8, 4) is 0 Å². The van der Waals surface area contributed by atoms with Crippen LogP contribution >= 0.6 is 0 Å². The number of hydrogen-bond donors (Lipinski definition) is 2. The Morgan fingerprint density at radius 1 is 0.829 bits per heavy atom. The summed E-state index contributed by atoms with van der Waals surface area (Å²) >= 11 is 0. The first-order valence-electron chi connectivity index (χ1n) is 11.4. The zero-order chi connectivity index (χ0) is 24.6. The van der Waals surface area contributed by atoms with Gasteiger partial charge in [-0.3, -0.25) is 23.5 Å². The molecule has 35 heavy (non-hydrogen) atoms. The number of hydrogen-bond acceptors (Lipinski definition) is 5. The summed E-state index contributed by atoms with van der Waals surface area (Å²) in [5.41, 5.74) is 0.146. The molecule has 180 valence electrons. The van der Waals surface area contributed by atoms with Crippen molar-refractivity contribution in [2.75, 3.05) is 5.32 Å². The Balaban J connectivity index is 1.44. The lowest BCUT2D eigenvalue weighted by Gasteiger charge is -2.14. The van der Waals surface area contributed by atoms with Crippen LogP contribution < -0.4 is 21.9 Å². The topological polar surface area (TPSA) is 115 Å². The van der Waals surface area contributed by atoms with Gasteiger partial charge in [0, 0.05) is 18.7 Å². The van der Waals surface area contributed by atoms with Crippen LogP contribution in [0.25, 0.3) is 10.9 Å². The fourth-order valence-electron chi connectivity index (χ4n) is 3.82. The van der Waals surface area contributed by atoms with Gasteiger partial charge in [-0.05, 0) is 49.2 Å². The third-order valence-corrected chi connectivity index (χ3v) is 5.57. The Kier molecular flexibility index (Phi) is 7.57. The first kappa shape index (κ1) is 23.7. The summed E-state index contributed by atoms with van der Waals surface area (Å²) in [6.07, 6.45) is 2.74. The molecule has 2 amide bonds. The van der Waals surface area contributed by atoms with Crippen molar-refractivity contribution in [1.29, 1.82) is 0 Å². The Morgan fingerprint density at radius 2 is 1.60 bits per heavy atom. The minimum atomic E-state index is -0.560. The van der Waals surface area contributed by atoms with Crippen LogP contribution in [0.4, 0.5) is 5.69 Å². The minimum Gasteiger partial charge on any atom is -0.467 e. The van der Waals surface area contributed by atoms with Crippen LogP contribution in [0.3, 0.4) is 0 Å². The van der Waals surface area contributed by atoms with E-state index in [9.17, 15) is 19.2 Å². The summed E-state index contributed by atoms with van der Waals surface area (Å²) < 4.78 is 7.65. The molecule has 0 spiro atoms. The second-order valence-electron chi connectivity index (χ2n) is 8.07. The molecule has 0 saturated heterocycles. The summed E-state index contributed by atoms with van der Waals surface area (Å²) in [4.78, 5) is 50.9. The zero-order valence-electron chi connectivity index (χ0n) is 19.1. The van der Waals surface area contributed by atoms with E-state index >= 15 is 0 Å². The molecule has 2 aromatic heterocycles. The number of aromatic nitrogens is 2. The van der Waals surface area contributed by atoms with Crippen LogP contribution in [0, 0.1) is 0 Å². The van der Waals surface area contributed by atoms with Crippen LogP contribution in [0.1, 0.15) is 25.0 Å². The zero-order valence-corrected chi connectivity index (χ0v) is 19.1. The third kappa shape index (κ3) is 5.94. The van der Waals surface area contributed by atoms with E-state index in [4.69, 9.17) is 4.42 Å². The summed E-state index contributed by atoms with van der Waals surface area (Å²) in [5.74, 6) is 0.0842. The molecule has 0 atom stereocenters. The highest BCUT2D eigenvalue weighted by atomic mass is 16.3. The average Bonchev–Trinajstić information content (AvgIpc) is 3.39. The van der Waals surface area contributed by atoms with Crippen molar-refractivity contribution < 1.29 is 14.0 Å². The maximum absolute atomic E-state index is 13.2. The number of anilines is 1. The van der Waals surface area contributed by atoms with Crippen molar-refractivity contribution >= 4 is 28.4 Å². The van der Waals surface area contributed by atoms with Gasteiger partial charge >= 0.3 is 5.69 Å². The highest BCUT2D eigenvalue weighted by Crippen LogP contribution is 2.09. The van der Waals surface area contributed by atoms with E-state index in [-0.39, 0.29) is 37.9 Å². The number of para-hydroxylation sites is 2. The second-order valence-corrected chi connectivity index (χ2v) is 8.07. The van der Waals surface area contributed by atoms with E-state index in [2.05, 4.69) is 10.6 Å². The van der Waals surface area contributed by atoms with Gasteiger partial charge in [-0.1, -0.05) is 30.3 Å². The van der Waals surface area contributed by atoms with Crippen molar-refractivity contribution in [2.45, 2.75) is 38.9 Å². The molecule has 0 aliphatic rings. The molecule has 2 aromatic carbocycles. The number of nitrogens with zero attached hydrogens (tertiary/aromatic N) is 2. The van der Waals surface area contributed by atoms with Crippen molar-refractivity contribution in [1.82, 2.24) is 14.5 Å². The van der Waals surface area contributed by atoms with E-state index in [1.54, 1.807) is 48.5 Å². The lowest BCUT2D eigenvalue weighted by atomic mass is 10.2. The normalized spacial score (nSPS) is 10.9. The number of carbonyl (C=O) groups excluding carboxylic acids is 2. The van der Waals surface area contributed by atoms with Gasteiger partial charge in [0.25, 0.3) is 5.56 Å². The molecule has 0 radical (unpaired) electrons. The summed E-state index contributed by atoms with van der Waals surface area (Å²) in [6, 6.07) is 19.3. The van der Waals surface area contributed by atoms with Gasteiger partial charge in [-0.15, -0.1) is 0 Å². The van der Waals surface area contributed by atoms with Crippen molar-refractivity contribution in [3.05, 3.63) is 99.6 Å². The average molecular weight is 475 g/mol. The molecule has 4 aromatic rings. The maximum atomic E-state index is 13.2. The molecule has 0 bridgehead atoms. The predicted molar refractivity (Wildman–Crippen MR) is 132 cm³/mol. The number of nitrogens with one attached hydrogen (secondary N) is 2. The molecule has 0 saturated carbocycles. The number of unbranched alkanes of at least 4 members (excludes halogenated alkanes) is 1. The molecule has 4 rings (SSSR count). The highest BCUT2D eigenvalue weighted by Gasteiger charge is 2.15. The number of carbonyl (C=O) groups is 2. The molecular weight excluding hydrogens is 448 g/mol. The Hall–Kier alpha value is -4.40.